The molecule has 0 aliphatic carbocycles. The van der Waals surface area contributed by atoms with Crippen LogP contribution in [0, 0.1) is 5.92 Å². The lowest BCUT2D eigenvalue weighted by molar-refractivity contribution is -0.135. The Hall–Kier alpha value is -1.35. The highest BCUT2D eigenvalue weighted by atomic mass is 16.2. The number of aryl methyl sites for hydroxylation is 1. The number of hydrogen-bond acceptors (Lipinski definition) is 2. The van der Waals surface area contributed by atoms with Crippen molar-refractivity contribution in [1.82, 2.24) is 10.2 Å². The van der Waals surface area contributed by atoms with Crippen LogP contribution in [0.1, 0.15) is 31.2 Å². The van der Waals surface area contributed by atoms with E-state index in [4.69, 9.17) is 0 Å². The fraction of sp³-hybridized carbons (Fsp3) is 0.588. The summed E-state index contributed by atoms with van der Waals surface area (Å²) in [6.45, 7) is 3.06. The maximum absolute atomic E-state index is 12.4. The number of benzene rings is 1. The van der Waals surface area contributed by atoms with Crippen molar-refractivity contribution < 1.29 is 4.79 Å². The molecule has 0 spiro atoms. The van der Waals surface area contributed by atoms with E-state index in [1.807, 2.05) is 6.07 Å². The van der Waals surface area contributed by atoms with Crippen LogP contribution in [0.2, 0.25) is 0 Å². The van der Waals surface area contributed by atoms with E-state index in [9.17, 15) is 4.79 Å². The van der Waals surface area contributed by atoms with Gasteiger partial charge in [-0.25, -0.2) is 0 Å². The van der Waals surface area contributed by atoms with Gasteiger partial charge in [0.25, 0.3) is 0 Å². The zero-order chi connectivity index (χ0) is 13.8. The summed E-state index contributed by atoms with van der Waals surface area (Å²) in [5, 5.41) is 3.44. The van der Waals surface area contributed by atoms with Crippen molar-refractivity contribution in [2.45, 2.75) is 38.1 Å². The summed E-state index contributed by atoms with van der Waals surface area (Å²) in [5.41, 5.74) is 1.33. The third-order valence-corrected chi connectivity index (χ3v) is 4.70. The zero-order valence-corrected chi connectivity index (χ0v) is 12.1. The molecule has 2 atom stereocenters. The molecule has 2 unspecified atom stereocenters. The predicted molar refractivity (Wildman–Crippen MR) is 80.5 cm³/mol. The van der Waals surface area contributed by atoms with Crippen LogP contribution < -0.4 is 5.32 Å². The van der Waals surface area contributed by atoms with Gasteiger partial charge in [-0.05, 0) is 37.2 Å². The van der Waals surface area contributed by atoms with Crippen molar-refractivity contribution in [2.24, 2.45) is 5.92 Å². The third kappa shape index (κ3) is 3.04. The minimum atomic E-state index is 0.360. The molecule has 0 saturated carbocycles. The number of fused-ring (bicyclic) bond motifs is 1. The van der Waals surface area contributed by atoms with Gasteiger partial charge < -0.3 is 10.2 Å². The van der Waals surface area contributed by atoms with Gasteiger partial charge in [-0.3, -0.25) is 4.79 Å². The second-order valence-electron chi connectivity index (χ2n) is 6.05. The van der Waals surface area contributed by atoms with Crippen LogP contribution in [-0.2, 0) is 11.2 Å². The minimum Gasteiger partial charge on any atom is -0.338 e. The monoisotopic (exact) mass is 272 g/mol. The van der Waals surface area contributed by atoms with Gasteiger partial charge in [-0.1, -0.05) is 30.3 Å². The number of hydrogen-bond donors (Lipinski definition) is 1. The molecule has 2 saturated heterocycles. The molecule has 2 aliphatic rings. The Morgan fingerprint density at radius 2 is 2.10 bits per heavy atom. The van der Waals surface area contributed by atoms with E-state index in [2.05, 4.69) is 34.5 Å². The number of piperidine rings is 1. The highest BCUT2D eigenvalue weighted by Gasteiger charge is 2.36. The maximum Gasteiger partial charge on any atom is 0.222 e. The minimum absolute atomic E-state index is 0.360. The van der Waals surface area contributed by atoms with Crippen LogP contribution in [-0.4, -0.2) is 36.5 Å². The average Bonchev–Trinajstić information content (AvgIpc) is 2.96. The quantitative estimate of drug-likeness (QED) is 0.911. The Morgan fingerprint density at radius 1 is 1.25 bits per heavy atom. The number of carbonyl (C=O) groups excluding carboxylic acids is 1. The lowest BCUT2D eigenvalue weighted by atomic mass is 9.91. The summed E-state index contributed by atoms with van der Waals surface area (Å²) < 4.78 is 0. The van der Waals surface area contributed by atoms with Crippen LogP contribution in [0.4, 0.5) is 0 Å². The molecule has 2 heterocycles. The third-order valence-electron chi connectivity index (χ3n) is 4.70. The molecule has 3 nitrogen and oxygen atoms in total. The Morgan fingerprint density at radius 3 is 2.95 bits per heavy atom. The molecule has 0 bridgehead atoms. The number of nitrogens with one attached hydrogen (secondary N) is 1. The van der Waals surface area contributed by atoms with Crippen molar-refractivity contribution in [3.05, 3.63) is 35.9 Å². The second-order valence-corrected chi connectivity index (χ2v) is 6.05. The summed E-state index contributed by atoms with van der Waals surface area (Å²) in [7, 11) is 0. The normalized spacial score (nSPS) is 25.5. The fourth-order valence-electron chi connectivity index (χ4n) is 3.61. The smallest absolute Gasteiger partial charge is 0.222 e. The molecule has 1 N–H and O–H groups in total. The molecule has 1 amide bonds. The first-order valence-corrected chi connectivity index (χ1v) is 7.89. The van der Waals surface area contributed by atoms with Gasteiger partial charge in [0.2, 0.25) is 5.91 Å². The van der Waals surface area contributed by atoms with E-state index in [0.29, 0.717) is 24.3 Å². The number of nitrogens with zero attached hydrogens (tertiary/aromatic N) is 1. The van der Waals surface area contributed by atoms with E-state index in [1.165, 1.54) is 18.4 Å². The van der Waals surface area contributed by atoms with E-state index < -0.39 is 0 Å². The first-order chi connectivity index (χ1) is 9.84. The summed E-state index contributed by atoms with van der Waals surface area (Å²) in [6.07, 6.45) is 5.12. The largest absolute Gasteiger partial charge is 0.338 e. The second kappa shape index (κ2) is 6.40. The van der Waals surface area contributed by atoms with Gasteiger partial charge in [0.1, 0.15) is 0 Å². The average molecular weight is 272 g/mol. The molecule has 0 radical (unpaired) electrons. The van der Waals surface area contributed by atoms with Crippen molar-refractivity contribution in [1.29, 1.82) is 0 Å². The molecule has 3 rings (SSSR count). The molecule has 1 aromatic carbocycles. The molecule has 20 heavy (non-hydrogen) atoms. The highest BCUT2D eigenvalue weighted by molar-refractivity contribution is 5.76. The maximum atomic E-state index is 12.4. The van der Waals surface area contributed by atoms with E-state index in [1.54, 1.807) is 0 Å². The Balaban J connectivity index is 1.49. The van der Waals surface area contributed by atoms with Gasteiger partial charge in [0.15, 0.2) is 0 Å². The van der Waals surface area contributed by atoms with E-state index in [0.717, 1.165) is 32.5 Å². The van der Waals surface area contributed by atoms with Gasteiger partial charge in [-0.15, -0.1) is 0 Å². The molecule has 2 fully saturated rings. The molecule has 2 aliphatic heterocycles. The topological polar surface area (TPSA) is 32.3 Å². The Labute approximate surface area is 121 Å². The standard InChI is InChI=1S/C17H24N2O/c20-17(10-4-8-14-6-2-1-3-7-14)19-11-5-9-15-12-18-13-16(15)19/h1-3,6-7,15-16,18H,4-5,8-13H2. The SMILES string of the molecule is O=C(CCCc1ccccc1)N1CCCC2CNCC21. The molecule has 108 valence electrons. The molecule has 3 heteroatoms. The molecule has 0 aromatic heterocycles. The van der Waals surface area contributed by atoms with Gasteiger partial charge >= 0.3 is 0 Å². The molecular weight excluding hydrogens is 248 g/mol. The first kappa shape index (κ1) is 13.6. The van der Waals surface area contributed by atoms with E-state index >= 15 is 0 Å². The van der Waals surface area contributed by atoms with Gasteiger partial charge in [-0.2, -0.15) is 0 Å². The summed E-state index contributed by atoms with van der Waals surface area (Å²) >= 11 is 0. The van der Waals surface area contributed by atoms with Crippen LogP contribution >= 0.6 is 0 Å². The Kier molecular flexibility index (Phi) is 4.36. The lowest BCUT2D eigenvalue weighted by Gasteiger charge is -2.37. The molecular formula is C17H24N2O. The predicted octanol–water partition coefficient (Wildman–Crippen LogP) is 2.22. The summed E-state index contributed by atoms with van der Waals surface area (Å²) in [4.78, 5) is 14.6. The molecule has 1 aromatic rings. The lowest BCUT2D eigenvalue weighted by Crippen LogP contribution is -2.48. The highest BCUT2D eigenvalue weighted by Crippen LogP contribution is 2.27. The van der Waals surface area contributed by atoms with Crippen molar-refractivity contribution >= 4 is 5.91 Å². The van der Waals surface area contributed by atoms with Crippen molar-refractivity contribution in [3.8, 4) is 0 Å². The van der Waals surface area contributed by atoms with Gasteiger partial charge in [0, 0.05) is 32.1 Å². The van der Waals surface area contributed by atoms with Crippen LogP contribution in [0.5, 0.6) is 0 Å². The fourth-order valence-corrected chi connectivity index (χ4v) is 3.61. The van der Waals surface area contributed by atoms with Crippen molar-refractivity contribution in [2.75, 3.05) is 19.6 Å². The number of likely N-dealkylation sites (tertiary alicyclic amines) is 1. The number of rotatable bonds is 4. The summed E-state index contributed by atoms with van der Waals surface area (Å²) in [6, 6.07) is 10.9. The van der Waals surface area contributed by atoms with Gasteiger partial charge in [0.05, 0.1) is 0 Å². The first-order valence-electron chi connectivity index (χ1n) is 7.89. The van der Waals surface area contributed by atoms with Crippen LogP contribution in [0.25, 0.3) is 0 Å². The van der Waals surface area contributed by atoms with E-state index in [-0.39, 0.29) is 0 Å². The summed E-state index contributed by atoms with van der Waals surface area (Å²) in [5.74, 6) is 1.06. The van der Waals surface area contributed by atoms with Crippen molar-refractivity contribution in [3.63, 3.8) is 0 Å². The van der Waals surface area contributed by atoms with Crippen LogP contribution in [0.3, 0.4) is 0 Å². The number of carbonyl (C=O) groups is 1. The Bertz CT molecular complexity index is 446. The number of amides is 1. The van der Waals surface area contributed by atoms with Crippen LogP contribution in [0.15, 0.2) is 30.3 Å². The zero-order valence-electron chi connectivity index (χ0n) is 12.1.